The Bertz CT molecular complexity index is 385. The monoisotopic (exact) mass is 236 g/mol. The molecule has 5 nitrogen and oxygen atoms in total. The average Bonchev–Trinajstić information content (AvgIpc) is 2.83. The molecule has 0 saturated carbocycles. The van der Waals surface area contributed by atoms with Gasteiger partial charge in [-0.1, -0.05) is 0 Å². The number of amides is 1. The minimum Gasteiger partial charge on any atom is -0.619 e. The number of nitrogens with zero attached hydrogens (tertiary/aromatic N) is 2. The van der Waals surface area contributed by atoms with Crippen LogP contribution >= 0.6 is 0 Å². The number of hydrogen-bond donors (Lipinski definition) is 1. The summed E-state index contributed by atoms with van der Waals surface area (Å²) in [6.45, 7) is 1.59. The van der Waals surface area contributed by atoms with Crippen LogP contribution in [0, 0.1) is 5.21 Å². The van der Waals surface area contributed by atoms with Crippen LogP contribution < -0.4 is 4.73 Å². The third kappa shape index (κ3) is 2.94. The van der Waals surface area contributed by atoms with Crippen LogP contribution in [-0.2, 0) is 4.79 Å². The molecule has 0 aromatic carbocycles. The molecule has 1 aromatic rings. The number of aromatic nitrogens is 1. The number of hydrogen-bond acceptors (Lipinski definition) is 3. The largest absolute Gasteiger partial charge is 0.619 e. The summed E-state index contributed by atoms with van der Waals surface area (Å²) < 4.78 is 0.651. The maximum absolute atomic E-state index is 11.8. The van der Waals surface area contributed by atoms with Gasteiger partial charge in [0.2, 0.25) is 5.91 Å². The van der Waals surface area contributed by atoms with E-state index in [0.717, 1.165) is 25.9 Å². The highest BCUT2D eigenvalue weighted by Gasteiger charge is 2.21. The van der Waals surface area contributed by atoms with Crippen molar-refractivity contribution in [2.24, 2.45) is 0 Å². The smallest absolute Gasteiger partial charge is 0.225 e. The normalized spacial score (nSPS) is 17.1. The van der Waals surface area contributed by atoms with Crippen LogP contribution in [0.2, 0.25) is 0 Å². The topological polar surface area (TPSA) is 67.5 Å². The first-order chi connectivity index (χ1) is 8.16. The van der Waals surface area contributed by atoms with Crippen molar-refractivity contribution in [3.63, 3.8) is 0 Å². The summed E-state index contributed by atoms with van der Waals surface area (Å²) >= 11 is 0. The number of carbonyl (C=O) groups is 1. The van der Waals surface area contributed by atoms with E-state index in [1.54, 1.807) is 4.90 Å². The van der Waals surface area contributed by atoms with Crippen molar-refractivity contribution < 1.29 is 14.6 Å². The highest BCUT2D eigenvalue weighted by atomic mass is 16.5. The van der Waals surface area contributed by atoms with E-state index >= 15 is 0 Å². The summed E-state index contributed by atoms with van der Waals surface area (Å²) in [5.41, 5.74) is 0.602. The van der Waals surface area contributed by atoms with Gasteiger partial charge in [-0.05, 0) is 18.4 Å². The van der Waals surface area contributed by atoms with Gasteiger partial charge in [0, 0.05) is 25.2 Å². The lowest BCUT2D eigenvalue weighted by Crippen LogP contribution is -2.29. The van der Waals surface area contributed by atoms with Crippen LogP contribution in [0.3, 0.4) is 0 Å². The quantitative estimate of drug-likeness (QED) is 0.609. The third-order valence-electron chi connectivity index (χ3n) is 3.04. The van der Waals surface area contributed by atoms with E-state index in [1.807, 2.05) is 0 Å². The molecule has 1 aliphatic heterocycles. The molecule has 1 atom stereocenters. The van der Waals surface area contributed by atoms with Crippen molar-refractivity contribution in [3.05, 3.63) is 35.3 Å². The maximum atomic E-state index is 11.8. The van der Waals surface area contributed by atoms with Gasteiger partial charge in [-0.25, -0.2) is 0 Å². The zero-order valence-corrected chi connectivity index (χ0v) is 9.58. The Labute approximate surface area is 99.9 Å². The minimum atomic E-state index is -0.829. The van der Waals surface area contributed by atoms with E-state index < -0.39 is 6.10 Å². The van der Waals surface area contributed by atoms with Crippen LogP contribution in [0.15, 0.2) is 24.5 Å². The van der Waals surface area contributed by atoms with E-state index in [9.17, 15) is 15.1 Å². The summed E-state index contributed by atoms with van der Waals surface area (Å²) in [5.74, 6) is -0.0196. The van der Waals surface area contributed by atoms with Gasteiger partial charge >= 0.3 is 0 Å². The van der Waals surface area contributed by atoms with E-state index in [2.05, 4.69) is 0 Å². The fraction of sp³-hybridized carbons (Fsp3) is 0.500. The number of aliphatic hydroxyl groups excluding tert-OH is 1. The molecule has 0 radical (unpaired) electrons. The number of pyridine rings is 1. The fourth-order valence-electron chi connectivity index (χ4n) is 2.03. The molecule has 1 aromatic heterocycles. The molecule has 2 rings (SSSR count). The highest BCUT2D eigenvalue weighted by Crippen LogP contribution is 2.18. The summed E-state index contributed by atoms with van der Waals surface area (Å²) in [6.07, 6.45) is 3.98. The second kappa shape index (κ2) is 5.14. The van der Waals surface area contributed by atoms with Crippen LogP contribution in [-0.4, -0.2) is 29.0 Å². The Balaban J connectivity index is 1.93. The Hall–Kier alpha value is -1.62. The van der Waals surface area contributed by atoms with Crippen molar-refractivity contribution >= 4 is 5.91 Å². The number of carbonyl (C=O) groups excluding carboxylic acids is 1. The molecule has 1 amide bonds. The second-order valence-corrected chi connectivity index (χ2v) is 4.30. The molecule has 1 unspecified atom stereocenters. The fourth-order valence-corrected chi connectivity index (χ4v) is 2.03. The van der Waals surface area contributed by atoms with Gasteiger partial charge in [0.05, 0.1) is 12.5 Å². The van der Waals surface area contributed by atoms with Crippen molar-refractivity contribution in [3.8, 4) is 0 Å². The average molecular weight is 236 g/mol. The van der Waals surface area contributed by atoms with E-state index in [4.69, 9.17) is 0 Å². The molecule has 2 heterocycles. The SMILES string of the molecule is O=C(CC(O)c1cc[n+]([O-])cc1)N1CCCC1. The molecule has 92 valence electrons. The molecule has 1 N–H and O–H groups in total. The molecule has 0 spiro atoms. The van der Waals surface area contributed by atoms with Crippen molar-refractivity contribution in [2.75, 3.05) is 13.1 Å². The molecule has 0 aliphatic carbocycles. The highest BCUT2D eigenvalue weighted by molar-refractivity contribution is 5.77. The predicted molar refractivity (Wildman–Crippen MR) is 60.8 cm³/mol. The Kier molecular flexibility index (Phi) is 3.58. The number of likely N-dealkylation sites (tertiary alicyclic amines) is 1. The molecule has 0 bridgehead atoms. The van der Waals surface area contributed by atoms with Crippen molar-refractivity contribution in [1.29, 1.82) is 0 Å². The summed E-state index contributed by atoms with van der Waals surface area (Å²) in [6, 6.07) is 3.07. The van der Waals surface area contributed by atoms with Gasteiger partial charge in [0.25, 0.3) is 0 Å². The van der Waals surface area contributed by atoms with Crippen LogP contribution in [0.1, 0.15) is 30.9 Å². The first kappa shape index (κ1) is 11.9. The molecular weight excluding hydrogens is 220 g/mol. The van der Waals surface area contributed by atoms with Crippen molar-refractivity contribution in [1.82, 2.24) is 4.90 Å². The first-order valence-electron chi connectivity index (χ1n) is 5.81. The van der Waals surface area contributed by atoms with E-state index in [-0.39, 0.29) is 12.3 Å². The second-order valence-electron chi connectivity index (χ2n) is 4.30. The molecule has 17 heavy (non-hydrogen) atoms. The van der Waals surface area contributed by atoms with Gasteiger partial charge in [-0.3, -0.25) is 4.79 Å². The predicted octanol–water partition coefficient (Wildman–Crippen LogP) is 0.366. The van der Waals surface area contributed by atoms with Crippen LogP contribution in [0.5, 0.6) is 0 Å². The maximum Gasteiger partial charge on any atom is 0.225 e. The molecule has 1 aliphatic rings. The lowest BCUT2D eigenvalue weighted by Gasteiger charge is -2.17. The minimum absolute atomic E-state index is 0.0196. The lowest BCUT2D eigenvalue weighted by atomic mass is 10.1. The molecule has 5 heteroatoms. The Morgan fingerprint density at radius 3 is 2.59 bits per heavy atom. The first-order valence-corrected chi connectivity index (χ1v) is 5.81. The van der Waals surface area contributed by atoms with Crippen molar-refractivity contribution in [2.45, 2.75) is 25.4 Å². The van der Waals surface area contributed by atoms with E-state index in [1.165, 1.54) is 24.5 Å². The van der Waals surface area contributed by atoms with Gasteiger partial charge in [-0.15, -0.1) is 0 Å². The Morgan fingerprint density at radius 2 is 2.00 bits per heavy atom. The number of rotatable bonds is 3. The van der Waals surface area contributed by atoms with Gasteiger partial charge in [0.1, 0.15) is 0 Å². The zero-order valence-electron chi connectivity index (χ0n) is 9.58. The van der Waals surface area contributed by atoms with Gasteiger partial charge in [-0.2, -0.15) is 4.73 Å². The van der Waals surface area contributed by atoms with E-state index in [0.29, 0.717) is 10.3 Å². The van der Waals surface area contributed by atoms with Crippen LogP contribution in [0.25, 0.3) is 0 Å². The standard InChI is InChI=1S/C12H16N2O3/c15-11(10-3-7-14(17)8-4-10)9-12(16)13-5-1-2-6-13/h3-4,7-8,11,15H,1-2,5-6,9H2. The Morgan fingerprint density at radius 1 is 1.41 bits per heavy atom. The summed E-state index contributed by atoms with van der Waals surface area (Å²) in [4.78, 5) is 13.6. The summed E-state index contributed by atoms with van der Waals surface area (Å²) in [7, 11) is 0. The lowest BCUT2D eigenvalue weighted by molar-refractivity contribution is -0.605. The molecule has 1 fully saturated rings. The van der Waals surface area contributed by atoms with Gasteiger partial charge < -0.3 is 15.2 Å². The molecular formula is C12H16N2O3. The number of aliphatic hydroxyl groups is 1. The molecule has 1 saturated heterocycles. The zero-order chi connectivity index (χ0) is 12.3. The third-order valence-corrected chi connectivity index (χ3v) is 3.04. The van der Waals surface area contributed by atoms with Crippen LogP contribution in [0.4, 0.5) is 0 Å². The summed E-state index contributed by atoms with van der Waals surface area (Å²) in [5, 5.41) is 20.7. The van der Waals surface area contributed by atoms with Gasteiger partial charge in [0.15, 0.2) is 12.4 Å².